The largest absolute Gasteiger partial charge is 0.481 e. The van der Waals surface area contributed by atoms with E-state index in [1.165, 1.54) is 28.9 Å². The Hall–Kier alpha value is -2.57. The maximum absolute atomic E-state index is 12.8. The Morgan fingerprint density at radius 3 is 2.50 bits per heavy atom. The summed E-state index contributed by atoms with van der Waals surface area (Å²) in [5.41, 5.74) is 12.2. The number of anilines is 2. The second-order valence-electron chi connectivity index (χ2n) is 3.71. The molecule has 2 aromatic rings. The van der Waals surface area contributed by atoms with Crippen molar-refractivity contribution in [3.8, 4) is 5.69 Å². The van der Waals surface area contributed by atoms with Gasteiger partial charge < -0.3 is 16.6 Å². The molecular formula is C11H11FN4O2. The first-order chi connectivity index (χ1) is 8.49. The Balaban J connectivity index is 2.46. The fraction of sp³-hybridized carbons (Fsp3) is 0.0909. The molecule has 1 aromatic carbocycles. The lowest BCUT2D eigenvalue weighted by Gasteiger charge is -2.03. The van der Waals surface area contributed by atoms with Crippen LogP contribution in [0, 0.1) is 5.82 Å². The first-order valence-corrected chi connectivity index (χ1v) is 5.09. The summed E-state index contributed by atoms with van der Waals surface area (Å²) >= 11 is 0. The van der Waals surface area contributed by atoms with Crippen LogP contribution in [0.2, 0.25) is 0 Å². The van der Waals surface area contributed by atoms with E-state index in [0.717, 1.165) is 0 Å². The van der Waals surface area contributed by atoms with Crippen molar-refractivity contribution >= 4 is 17.6 Å². The van der Waals surface area contributed by atoms with E-state index >= 15 is 0 Å². The number of halogens is 1. The lowest BCUT2D eigenvalue weighted by molar-refractivity contribution is -0.136. The number of nitrogens with zero attached hydrogens (tertiary/aromatic N) is 2. The second kappa shape index (κ2) is 4.36. The average Bonchev–Trinajstić information content (AvgIpc) is 2.58. The first-order valence-electron chi connectivity index (χ1n) is 5.09. The fourth-order valence-corrected chi connectivity index (χ4v) is 1.59. The molecule has 0 aliphatic carbocycles. The normalized spacial score (nSPS) is 10.5. The Morgan fingerprint density at radius 1 is 1.33 bits per heavy atom. The molecule has 0 radical (unpaired) electrons. The molecule has 94 valence electrons. The molecule has 0 saturated carbocycles. The highest BCUT2D eigenvalue weighted by Gasteiger charge is 2.16. The van der Waals surface area contributed by atoms with Crippen LogP contribution in [-0.4, -0.2) is 20.9 Å². The van der Waals surface area contributed by atoms with Gasteiger partial charge in [-0.1, -0.05) is 0 Å². The van der Waals surface area contributed by atoms with Crippen LogP contribution in [0.1, 0.15) is 5.56 Å². The minimum Gasteiger partial charge on any atom is -0.481 e. The van der Waals surface area contributed by atoms with E-state index in [1.807, 2.05) is 0 Å². The molecular weight excluding hydrogens is 239 g/mol. The van der Waals surface area contributed by atoms with Gasteiger partial charge in [-0.15, -0.1) is 5.10 Å². The summed E-state index contributed by atoms with van der Waals surface area (Å²) in [7, 11) is 0. The van der Waals surface area contributed by atoms with Gasteiger partial charge in [-0.3, -0.25) is 4.79 Å². The summed E-state index contributed by atoms with van der Waals surface area (Å²) in [6.45, 7) is 0. The van der Waals surface area contributed by atoms with Gasteiger partial charge in [-0.25, -0.2) is 9.07 Å². The predicted octanol–water partition coefficient (Wildman–Crippen LogP) is 0.803. The molecule has 0 bridgehead atoms. The molecule has 2 rings (SSSR count). The zero-order chi connectivity index (χ0) is 13.3. The highest BCUT2D eigenvalue weighted by Crippen LogP contribution is 2.23. The Kier molecular flexibility index (Phi) is 2.88. The number of aromatic nitrogens is 2. The number of carbonyl (C=O) groups is 1. The number of nitrogens with two attached hydrogens (primary N) is 2. The highest BCUT2D eigenvalue weighted by atomic mass is 19.1. The van der Waals surface area contributed by atoms with Crippen LogP contribution in [0.25, 0.3) is 5.69 Å². The summed E-state index contributed by atoms with van der Waals surface area (Å²) in [5.74, 6) is -1.24. The van der Waals surface area contributed by atoms with Gasteiger partial charge in [0.05, 0.1) is 12.1 Å². The zero-order valence-electron chi connectivity index (χ0n) is 9.30. The van der Waals surface area contributed by atoms with Crippen molar-refractivity contribution in [2.75, 3.05) is 11.5 Å². The van der Waals surface area contributed by atoms with E-state index in [1.54, 1.807) is 0 Å². The Morgan fingerprint density at radius 2 is 1.94 bits per heavy atom. The van der Waals surface area contributed by atoms with Gasteiger partial charge >= 0.3 is 5.97 Å². The monoisotopic (exact) mass is 250 g/mol. The summed E-state index contributed by atoms with van der Waals surface area (Å²) in [6.07, 6.45) is -0.307. The lowest BCUT2D eigenvalue weighted by Crippen LogP contribution is -2.06. The topological polar surface area (TPSA) is 107 Å². The Bertz CT molecular complexity index is 592. The molecule has 0 spiro atoms. The molecule has 0 aliphatic heterocycles. The zero-order valence-corrected chi connectivity index (χ0v) is 9.30. The molecule has 0 amide bonds. The quantitative estimate of drug-likeness (QED) is 0.747. The number of carboxylic acid groups (broad SMARTS) is 1. The van der Waals surface area contributed by atoms with Gasteiger partial charge in [0.2, 0.25) is 0 Å². The highest BCUT2D eigenvalue weighted by molar-refractivity contribution is 5.75. The summed E-state index contributed by atoms with van der Waals surface area (Å²) in [5, 5.41) is 12.7. The van der Waals surface area contributed by atoms with E-state index in [4.69, 9.17) is 16.6 Å². The maximum Gasteiger partial charge on any atom is 0.308 e. The van der Waals surface area contributed by atoms with Gasteiger partial charge in [0.15, 0.2) is 5.82 Å². The molecule has 0 aliphatic rings. The maximum atomic E-state index is 12.8. The number of hydrogen-bond acceptors (Lipinski definition) is 4. The molecule has 1 aromatic heterocycles. The van der Waals surface area contributed by atoms with Gasteiger partial charge in [0, 0.05) is 5.56 Å². The number of rotatable bonds is 3. The summed E-state index contributed by atoms with van der Waals surface area (Å²) in [6, 6.07) is 5.46. The van der Waals surface area contributed by atoms with E-state index in [0.29, 0.717) is 5.69 Å². The fourth-order valence-electron chi connectivity index (χ4n) is 1.59. The lowest BCUT2D eigenvalue weighted by atomic mass is 10.2. The third-order valence-electron chi connectivity index (χ3n) is 2.45. The van der Waals surface area contributed by atoms with Crippen LogP contribution in [-0.2, 0) is 11.2 Å². The number of benzene rings is 1. The van der Waals surface area contributed by atoms with Crippen LogP contribution in [0.5, 0.6) is 0 Å². The van der Waals surface area contributed by atoms with Crippen molar-refractivity contribution in [1.29, 1.82) is 0 Å². The molecule has 1 heterocycles. The van der Waals surface area contributed by atoms with Crippen molar-refractivity contribution in [3.05, 3.63) is 35.6 Å². The molecule has 5 N–H and O–H groups in total. The first kappa shape index (κ1) is 11.9. The number of carboxylic acids is 1. The second-order valence-corrected chi connectivity index (χ2v) is 3.71. The van der Waals surface area contributed by atoms with Gasteiger partial charge in [-0.05, 0) is 24.3 Å². The van der Waals surface area contributed by atoms with E-state index in [-0.39, 0.29) is 29.4 Å². The number of nitrogen functional groups attached to an aromatic ring is 2. The SMILES string of the molecule is Nc1nn(-c2ccc(F)cc2)c(N)c1CC(=O)O. The van der Waals surface area contributed by atoms with Crippen molar-refractivity contribution < 1.29 is 14.3 Å². The van der Waals surface area contributed by atoms with Crippen molar-refractivity contribution in [1.82, 2.24) is 9.78 Å². The van der Waals surface area contributed by atoms with Crippen LogP contribution in [0.3, 0.4) is 0 Å². The van der Waals surface area contributed by atoms with Crippen LogP contribution < -0.4 is 11.5 Å². The number of hydrogen-bond donors (Lipinski definition) is 3. The minimum absolute atomic E-state index is 0.0548. The van der Waals surface area contributed by atoms with E-state index in [2.05, 4.69) is 5.10 Å². The Labute approximate surface area is 102 Å². The standard InChI is InChI=1S/C11H11FN4O2/c12-6-1-3-7(4-2-6)16-11(14)8(5-9(17)18)10(13)15-16/h1-4H,5,14H2,(H2,13,15)(H,17,18). The molecule has 0 fully saturated rings. The van der Waals surface area contributed by atoms with Crippen molar-refractivity contribution in [2.24, 2.45) is 0 Å². The van der Waals surface area contributed by atoms with Crippen molar-refractivity contribution in [3.63, 3.8) is 0 Å². The smallest absolute Gasteiger partial charge is 0.308 e. The molecule has 0 unspecified atom stereocenters. The summed E-state index contributed by atoms with van der Waals surface area (Å²) in [4.78, 5) is 10.7. The van der Waals surface area contributed by atoms with Gasteiger partial charge in [0.1, 0.15) is 11.6 Å². The molecule has 0 saturated heterocycles. The molecule has 7 heteroatoms. The van der Waals surface area contributed by atoms with Crippen LogP contribution in [0.4, 0.5) is 16.0 Å². The summed E-state index contributed by atoms with van der Waals surface area (Å²) < 4.78 is 14.1. The average molecular weight is 250 g/mol. The van der Waals surface area contributed by atoms with E-state index in [9.17, 15) is 9.18 Å². The van der Waals surface area contributed by atoms with Crippen LogP contribution in [0.15, 0.2) is 24.3 Å². The van der Waals surface area contributed by atoms with Crippen molar-refractivity contribution in [2.45, 2.75) is 6.42 Å². The van der Waals surface area contributed by atoms with Gasteiger partial charge in [0.25, 0.3) is 0 Å². The molecule has 18 heavy (non-hydrogen) atoms. The number of aliphatic carboxylic acids is 1. The van der Waals surface area contributed by atoms with Crippen LogP contribution >= 0.6 is 0 Å². The predicted molar refractivity (Wildman–Crippen MR) is 63.7 cm³/mol. The van der Waals surface area contributed by atoms with Gasteiger partial charge in [-0.2, -0.15) is 0 Å². The minimum atomic E-state index is -1.05. The molecule has 6 nitrogen and oxygen atoms in total. The van der Waals surface area contributed by atoms with E-state index < -0.39 is 5.97 Å². The molecule has 0 atom stereocenters. The third-order valence-corrected chi connectivity index (χ3v) is 2.45. The third kappa shape index (κ3) is 2.10.